The van der Waals surface area contributed by atoms with Crippen molar-refractivity contribution in [3.05, 3.63) is 155 Å². The van der Waals surface area contributed by atoms with E-state index in [1.807, 2.05) is 12.1 Å². The first-order valence-electron chi connectivity index (χ1n) is 13.0. The lowest BCUT2D eigenvalue weighted by Crippen LogP contribution is -2.09. The molecule has 0 aromatic heterocycles. The highest BCUT2D eigenvalue weighted by molar-refractivity contribution is 9.10. The number of nitrogens with zero attached hydrogens (tertiary/aromatic N) is 1. The van der Waals surface area contributed by atoms with Crippen LogP contribution in [0, 0.1) is 0 Å². The third kappa shape index (κ3) is 5.84. The molecule has 0 saturated heterocycles. The van der Waals surface area contributed by atoms with Crippen LogP contribution in [-0.2, 0) is 0 Å². The monoisotopic (exact) mass is 639 g/mol. The van der Waals surface area contributed by atoms with Crippen molar-refractivity contribution in [2.75, 3.05) is 4.90 Å². The van der Waals surface area contributed by atoms with Gasteiger partial charge in [-0.2, -0.15) is 0 Å². The summed E-state index contributed by atoms with van der Waals surface area (Å²) in [6.45, 7) is 0. The average molecular weight is 641 g/mol. The van der Waals surface area contributed by atoms with Crippen LogP contribution >= 0.6 is 31.9 Å². The summed E-state index contributed by atoms with van der Waals surface area (Å²) in [5.74, 6) is 0. The van der Waals surface area contributed by atoms with Gasteiger partial charge in [0.2, 0.25) is 0 Å². The maximum absolute atomic E-state index is 5.90. The number of anilines is 3. The molecule has 0 atom stereocenters. The van der Waals surface area contributed by atoms with E-state index in [4.69, 9.17) is 7.85 Å². The van der Waals surface area contributed by atoms with Gasteiger partial charge in [0.15, 0.2) is 0 Å². The van der Waals surface area contributed by atoms with Crippen LogP contribution < -0.4 is 10.4 Å². The first-order chi connectivity index (χ1) is 19.5. The van der Waals surface area contributed by atoms with Crippen LogP contribution in [-0.4, -0.2) is 7.85 Å². The minimum atomic E-state index is 0.768. The van der Waals surface area contributed by atoms with Crippen molar-refractivity contribution in [2.24, 2.45) is 0 Å². The van der Waals surface area contributed by atoms with Crippen molar-refractivity contribution < 1.29 is 0 Å². The molecular formula is C36H24BBr2N. The summed E-state index contributed by atoms with van der Waals surface area (Å²) in [4.78, 5) is 2.30. The fourth-order valence-corrected chi connectivity index (χ4v) is 5.34. The largest absolute Gasteiger partial charge is 0.311 e. The van der Waals surface area contributed by atoms with E-state index >= 15 is 0 Å². The Bertz CT molecular complexity index is 1500. The van der Waals surface area contributed by atoms with Crippen molar-refractivity contribution in [1.82, 2.24) is 0 Å². The Hall–Kier alpha value is -3.86. The van der Waals surface area contributed by atoms with Gasteiger partial charge in [-0.25, -0.2) is 0 Å². The first-order valence-corrected chi connectivity index (χ1v) is 14.6. The maximum atomic E-state index is 5.90. The molecule has 6 aromatic rings. The van der Waals surface area contributed by atoms with Crippen LogP contribution in [0.25, 0.3) is 33.4 Å². The van der Waals surface area contributed by atoms with E-state index in [1.54, 1.807) is 0 Å². The zero-order valence-corrected chi connectivity index (χ0v) is 24.8. The second-order valence-corrected chi connectivity index (χ2v) is 11.4. The molecule has 0 heterocycles. The molecule has 0 aliphatic rings. The molecule has 0 N–H and O–H groups in total. The van der Waals surface area contributed by atoms with E-state index < -0.39 is 0 Å². The SMILES string of the molecule is [B]c1ccc(-c2ccc(N(c3ccc(-c4ccc(Br)cc4)cc3)c3ccc(-c4ccc(Br)cc4)cc3)cc2)cc1. The smallest absolute Gasteiger partial charge is 0.113 e. The fourth-order valence-electron chi connectivity index (χ4n) is 4.82. The van der Waals surface area contributed by atoms with Gasteiger partial charge in [-0.3, -0.25) is 0 Å². The summed E-state index contributed by atoms with van der Waals surface area (Å²) in [7, 11) is 5.90. The van der Waals surface area contributed by atoms with Gasteiger partial charge >= 0.3 is 0 Å². The Morgan fingerprint density at radius 1 is 0.325 bits per heavy atom. The highest BCUT2D eigenvalue weighted by Crippen LogP contribution is 2.37. The van der Waals surface area contributed by atoms with Gasteiger partial charge in [-0.1, -0.05) is 122 Å². The molecule has 0 bridgehead atoms. The van der Waals surface area contributed by atoms with Gasteiger partial charge < -0.3 is 4.90 Å². The van der Waals surface area contributed by atoms with E-state index in [-0.39, 0.29) is 0 Å². The van der Waals surface area contributed by atoms with Gasteiger partial charge in [0.25, 0.3) is 0 Å². The molecule has 6 aromatic carbocycles. The Morgan fingerprint density at radius 3 is 0.825 bits per heavy atom. The van der Waals surface area contributed by atoms with Crippen molar-refractivity contribution in [3.8, 4) is 33.4 Å². The first kappa shape index (κ1) is 26.4. The van der Waals surface area contributed by atoms with Crippen molar-refractivity contribution in [3.63, 3.8) is 0 Å². The standard InChI is InChI=1S/C36H24BBr2N/c37-31-13-1-25(2-14-31)28-7-19-34(20-8-28)40(35-21-9-29(10-22-35)26-3-15-32(38)16-4-26)36-23-11-30(12-24-36)27-5-17-33(39)18-6-27/h1-24H. The second-order valence-electron chi connectivity index (χ2n) is 9.61. The van der Waals surface area contributed by atoms with Gasteiger partial charge in [0, 0.05) is 26.0 Å². The lowest BCUT2D eigenvalue weighted by molar-refractivity contribution is 1.28. The zero-order valence-electron chi connectivity index (χ0n) is 21.6. The van der Waals surface area contributed by atoms with Crippen LogP contribution in [0.4, 0.5) is 17.1 Å². The predicted molar refractivity (Wildman–Crippen MR) is 178 cm³/mol. The van der Waals surface area contributed by atoms with Crippen molar-refractivity contribution in [2.45, 2.75) is 0 Å². The Kier molecular flexibility index (Phi) is 7.72. The molecule has 0 amide bonds. The third-order valence-electron chi connectivity index (χ3n) is 6.98. The lowest BCUT2D eigenvalue weighted by atomic mass is 9.93. The molecule has 190 valence electrons. The van der Waals surface area contributed by atoms with Crippen LogP contribution in [0.2, 0.25) is 0 Å². The molecule has 0 aliphatic carbocycles. The highest BCUT2D eigenvalue weighted by Gasteiger charge is 2.14. The normalized spacial score (nSPS) is 10.8. The molecule has 4 heteroatoms. The van der Waals surface area contributed by atoms with Crippen LogP contribution in [0.5, 0.6) is 0 Å². The molecule has 0 aliphatic heterocycles. The maximum Gasteiger partial charge on any atom is 0.113 e. The molecule has 40 heavy (non-hydrogen) atoms. The highest BCUT2D eigenvalue weighted by atomic mass is 79.9. The van der Waals surface area contributed by atoms with Crippen LogP contribution in [0.15, 0.2) is 155 Å². The second kappa shape index (κ2) is 11.7. The van der Waals surface area contributed by atoms with Gasteiger partial charge in [0.1, 0.15) is 7.85 Å². The third-order valence-corrected chi connectivity index (χ3v) is 8.03. The Balaban J connectivity index is 1.37. The van der Waals surface area contributed by atoms with Gasteiger partial charge in [-0.15, -0.1) is 0 Å². The number of hydrogen-bond acceptors (Lipinski definition) is 1. The average Bonchev–Trinajstić information content (AvgIpc) is 3.00. The summed E-state index contributed by atoms with van der Waals surface area (Å²) in [6, 6.07) is 51.0. The minimum absolute atomic E-state index is 0.768. The molecule has 0 unspecified atom stereocenters. The molecule has 0 spiro atoms. The van der Waals surface area contributed by atoms with Crippen LogP contribution in [0.3, 0.4) is 0 Å². The van der Waals surface area contributed by atoms with E-state index in [0.717, 1.165) is 42.6 Å². The summed E-state index contributed by atoms with van der Waals surface area (Å²) < 4.78 is 2.15. The van der Waals surface area contributed by atoms with Crippen molar-refractivity contribution in [1.29, 1.82) is 0 Å². The molecule has 0 fully saturated rings. The van der Waals surface area contributed by atoms with E-state index in [2.05, 4.69) is 170 Å². The topological polar surface area (TPSA) is 3.24 Å². The van der Waals surface area contributed by atoms with E-state index in [9.17, 15) is 0 Å². The van der Waals surface area contributed by atoms with Crippen LogP contribution in [0.1, 0.15) is 0 Å². The molecule has 1 nitrogen and oxygen atoms in total. The van der Waals surface area contributed by atoms with E-state index in [0.29, 0.717) is 0 Å². The lowest BCUT2D eigenvalue weighted by Gasteiger charge is -2.26. The Labute approximate surface area is 253 Å². The summed E-state index contributed by atoms with van der Waals surface area (Å²) in [5.41, 5.74) is 11.1. The summed E-state index contributed by atoms with van der Waals surface area (Å²) in [6.07, 6.45) is 0. The van der Waals surface area contributed by atoms with Gasteiger partial charge in [-0.05, 0) is 94.0 Å². The Morgan fingerprint density at radius 2 is 0.550 bits per heavy atom. The summed E-state index contributed by atoms with van der Waals surface area (Å²) >= 11 is 7.06. The summed E-state index contributed by atoms with van der Waals surface area (Å²) in [5, 5.41) is 0. The number of hydrogen-bond donors (Lipinski definition) is 0. The fraction of sp³-hybridized carbons (Fsp3) is 0. The number of benzene rings is 6. The number of halogens is 2. The minimum Gasteiger partial charge on any atom is -0.311 e. The van der Waals surface area contributed by atoms with Crippen molar-refractivity contribution >= 4 is 62.2 Å². The zero-order chi connectivity index (χ0) is 27.5. The molecule has 2 radical (unpaired) electrons. The predicted octanol–water partition coefficient (Wildman–Crippen LogP) is 10.5. The van der Waals surface area contributed by atoms with Gasteiger partial charge in [0.05, 0.1) is 0 Å². The molecule has 0 saturated carbocycles. The molecule has 6 rings (SSSR count). The molecular weight excluding hydrogens is 617 g/mol. The quantitative estimate of drug-likeness (QED) is 0.164. The number of rotatable bonds is 6. The van der Waals surface area contributed by atoms with E-state index in [1.165, 1.54) is 22.3 Å².